The predicted octanol–water partition coefficient (Wildman–Crippen LogP) is 4.76. The summed E-state index contributed by atoms with van der Waals surface area (Å²) in [4.78, 5) is 1.62. The molecular weight excluding hydrogens is 313 g/mol. The molecule has 0 radical (unpaired) electrons. The summed E-state index contributed by atoms with van der Waals surface area (Å²) in [5.74, 6) is -0.224. The molecule has 94 valence electrons. The second-order valence-corrected chi connectivity index (χ2v) is 6.07. The highest BCUT2D eigenvalue weighted by Crippen LogP contribution is 2.31. The maximum Gasteiger partial charge on any atom is 0.137 e. The Bertz CT molecular complexity index is 540. The molecule has 2 N–H and O–H groups in total. The van der Waals surface area contributed by atoms with Crippen LogP contribution in [-0.2, 0) is 0 Å². The molecule has 1 nitrogen and oxygen atoms in total. The van der Waals surface area contributed by atoms with E-state index in [1.807, 2.05) is 37.3 Å². The number of rotatable bonds is 3. The van der Waals surface area contributed by atoms with Crippen molar-refractivity contribution in [3.05, 3.63) is 58.3 Å². The zero-order chi connectivity index (χ0) is 13.1. The van der Waals surface area contributed by atoms with E-state index in [4.69, 9.17) is 5.73 Å². The van der Waals surface area contributed by atoms with Gasteiger partial charge in [0.1, 0.15) is 5.82 Å². The number of benzene rings is 2. The first-order valence-corrected chi connectivity index (χ1v) is 7.15. The highest BCUT2D eigenvalue weighted by atomic mass is 79.9. The summed E-state index contributed by atoms with van der Waals surface area (Å²) >= 11 is 4.78. The molecule has 2 rings (SSSR count). The summed E-state index contributed by atoms with van der Waals surface area (Å²) < 4.78 is 14.9. The predicted molar refractivity (Wildman–Crippen MR) is 77.3 cm³/mol. The second kappa shape index (κ2) is 5.87. The summed E-state index contributed by atoms with van der Waals surface area (Å²) in [6, 6.07) is 12.8. The van der Waals surface area contributed by atoms with Crippen LogP contribution < -0.4 is 5.73 Å². The van der Waals surface area contributed by atoms with E-state index in [2.05, 4.69) is 15.9 Å². The molecule has 0 saturated heterocycles. The summed E-state index contributed by atoms with van der Waals surface area (Å²) in [6.07, 6.45) is 0. The van der Waals surface area contributed by atoms with Gasteiger partial charge in [-0.1, -0.05) is 33.8 Å². The molecule has 0 saturated carbocycles. The summed E-state index contributed by atoms with van der Waals surface area (Å²) in [7, 11) is 0. The molecule has 0 amide bonds. The molecule has 1 atom stereocenters. The van der Waals surface area contributed by atoms with E-state index in [9.17, 15) is 4.39 Å². The van der Waals surface area contributed by atoms with Crippen molar-refractivity contribution in [1.82, 2.24) is 0 Å². The van der Waals surface area contributed by atoms with Crippen molar-refractivity contribution >= 4 is 27.7 Å². The molecule has 18 heavy (non-hydrogen) atoms. The van der Waals surface area contributed by atoms with Crippen LogP contribution in [0.5, 0.6) is 0 Å². The lowest BCUT2D eigenvalue weighted by Gasteiger charge is -2.08. The van der Waals surface area contributed by atoms with Crippen molar-refractivity contribution < 1.29 is 4.39 Å². The Kier molecular flexibility index (Phi) is 4.43. The van der Waals surface area contributed by atoms with Gasteiger partial charge in [0.15, 0.2) is 0 Å². The van der Waals surface area contributed by atoms with Crippen LogP contribution in [0.15, 0.2) is 56.7 Å². The van der Waals surface area contributed by atoms with Crippen LogP contribution in [0.3, 0.4) is 0 Å². The normalized spacial score (nSPS) is 12.4. The number of hydrogen-bond acceptors (Lipinski definition) is 2. The molecule has 0 heterocycles. The summed E-state index contributed by atoms with van der Waals surface area (Å²) in [5, 5.41) is 0. The minimum absolute atomic E-state index is 0.147. The largest absolute Gasteiger partial charge is 0.324 e. The Morgan fingerprint density at radius 2 is 1.83 bits per heavy atom. The van der Waals surface area contributed by atoms with Crippen molar-refractivity contribution in [2.24, 2.45) is 5.73 Å². The lowest BCUT2D eigenvalue weighted by atomic mass is 10.1. The topological polar surface area (TPSA) is 26.0 Å². The molecule has 4 heteroatoms. The maximum absolute atomic E-state index is 13.9. The molecule has 2 aromatic rings. The Morgan fingerprint density at radius 3 is 2.39 bits per heavy atom. The van der Waals surface area contributed by atoms with Gasteiger partial charge in [0.05, 0.1) is 0 Å². The van der Waals surface area contributed by atoms with E-state index in [0.717, 1.165) is 14.9 Å². The molecule has 0 aromatic heterocycles. The lowest BCUT2D eigenvalue weighted by Crippen LogP contribution is -2.05. The van der Waals surface area contributed by atoms with Crippen LogP contribution in [0.1, 0.15) is 18.5 Å². The highest BCUT2D eigenvalue weighted by Gasteiger charge is 2.07. The average Bonchev–Trinajstić information content (AvgIpc) is 2.34. The Hall–Kier alpha value is -0.840. The van der Waals surface area contributed by atoms with Crippen LogP contribution in [-0.4, -0.2) is 0 Å². The van der Waals surface area contributed by atoms with E-state index in [1.54, 1.807) is 6.07 Å². The van der Waals surface area contributed by atoms with Crippen LogP contribution in [0, 0.1) is 5.82 Å². The van der Waals surface area contributed by atoms with Crippen LogP contribution >= 0.6 is 27.7 Å². The quantitative estimate of drug-likeness (QED) is 0.880. The molecule has 0 spiro atoms. The molecule has 1 unspecified atom stereocenters. The lowest BCUT2D eigenvalue weighted by molar-refractivity contribution is 0.596. The minimum atomic E-state index is -0.224. The molecule has 0 fully saturated rings. The highest BCUT2D eigenvalue weighted by molar-refractivity contribution is 9.10. The van der Waals surface area contributed by atoms with Gasteiger partial charge in [0.25, 0.3) is 0 Å². The maximum atomic E-state index is 13.9. The van der Waals surface area contributed by atoms with Gasteiger partial charge in [-0.3, -0.25) is 0 Å². The first-order valence-electron chi connectivity index (χ1n) is 5.54. The minimum Gasteiger partial charge on any atom is -0.324 e. The van der Waals surface area contributed by atoms with Crippen LogP contribution in [0.2, 0.25) is 0 Å². The average molecular weight is 326 g/mol. The molecule has 0 bridgehead atoms. The fourth-order valence-electron chi connectivity index (χ4n) is 1.51. The molecule has 2 aromatic carbocycles. The fourth-order valence-corrected chi connectivity index (χ4v) is 2.60. The van der Waals surface area contributed by atoms with E-state index in [-0.39, 0.29) is 11.9 Å². The standard InChI is InChI=1S/C14H13BrFNS/c1-9(17)10-2-7-14(13(16)8-10)18-12-5-3-11(15)4-6-12/h2-9H,17H2,1H3. The summed E-state index contributed by atoms with van der Waals surface area (Å²) in [6.45, 7) is 1.84. The van der Waals surface area contributed by atoms with Crippen molar-refractivity contribution in [2.45, 2.75) is 22.8 Å². The monoisotopic (exact) mass is 325 g/mol. The zero-order valence-electron chi connectivity index (χ0n) is 9.86. The van der Waals surface area contributed by atoms with Gasteiger partial charge < -0.3 is 5.73 Å². The first kappa shape index (κ1) is 13.6. The van der Waals surface area contributed by atoms with Gasteiger partial charge in [-0.25, -0.2) is 4.39 Å². The van der Waals surface area contributed by atoms with Crippen LogP contribution in [0.4, 0.5) is 4.39 Å². The van der Waals surface area contributed by atoms with Gasteiger partial charge in [-0.2, -0.15) is 0 Å². The summed E-state index contributed by atoms with van der Waals surface area (Å²) in [5.41, 5.74) is 6.54. The zero-order valence-corrected chi connectivity index (χ0v) is 12.3. The van der Waals surface area contributed by atoms with E-state index < -0.39 is 0 Å². The molecule has 0 aliphatic rings. The Labute approximate surface area is 119 Å². The van der Waals surface area contributed by atoms with Crippen molar-refractivity contribution in [1.29, 1.82) is 0 Å². The third-order valence-corrected chi connectivity index (χ3v) is 4.11. The van der Waals surface area contributed by atoms with Crippen molar-refractivity contribution in [2.75, 3.05) is 0 Å². The van der Waals surface area contributed by atoms with Crippen LogP contribution in [0.25, 0.3) is 0 Å². The number of nitrogens with two attached hydrogens (primary N) is 1. The Balaban J connectivity index is 2.22. The van der Waals surface area contributed by atoms with Gasteiger partial charge in [0, 0.05) is 20.3 Å². The van der Waals surface area contributed by atoms with Gasteiger partial charge in [0.2, 0.25) is 0 Å². The van der Waals surface area contributed by atoms with Gasteiger partial charge >= 0.3 is 0 Å². The SMILES string of the molecule is CC(N)c1ccc(Sc2ccc(Br)cc2)c(F)c1. The van der Waals surface area contributed by atoms with Gasteiger partial charge in [-0.05, 0) is 48.9 Å². The molecule has 0 aliphatic heterocycles. The first-order chi connectivity index (χ1) is 8.56. The van der Waals surface area contributed by atoms with Gasteiger partial charge in [-0.15, -0.1) is 0 Å². The molecule has 0 aliphatic carbocycles. The van der Waals surface area contributed by atoms with E-state index in [0.29, 0.717) is 4.90 Å². The second-order valence-electron chi connectivity index (χ2n) is 4.03. The molecular formula is C14H13BrFNS. The van der Waals surface area contributed by atoms with Crippen molar-refractivity contribution in [3.8, 4) is 0 Å². The van der Waals surface area contributed by atoms with Crippen molar-refractivity contribution in [3.63, 3.8) is 0 Å². The smallest absolute Gasteiger partial charge is 0.137 e. The fraction of sp³-hybridized carbons (Fsp3) is 0.143. The van der Waals surface area contributed by atoms with E-state index >= 15 is 0 Å². The number of hydrogen-bond donors (Lipinski definition) is 1. The number of halogens is 2. The third-order valence-electron chi connectivity index (χ3n) is 2.52. The van der Waals surface area contributed by atoms with E-state index in [1.165, 1.54) is 17.8 Å². The Morgan fingerprint density at radius 1 is 1.17 bits per heavy atom. The third kappa shape index (κ3) is 3.34.